The second-order valence-electron chi connectivity index (χ2n) is 5.01. The number of fused-ring (bicyclic) bond motifs is 1. The third-order valence-electron chi connectivity index (χ3n) is 3.14. The number of nitrogens with zero attached hydrogens (tertiary/aromatic N) is 1. The highest BCUT2D eigenvalue weighted by Crippen LogP contribution is 2.52. The van der Waals surface area contributed by atoms with Crippen molar-refractivity contribution in [1.82, 2.24) is 4.90 Å². The van der Waals surface area contributed by atoms with Gasteiger partial charge in [0.1, 0.15) is 11.4 Å². The van der Waals surface area contributed by atoms with E-state index >= 15 is 0 Å². The van der Waals surface area contributed by atoms with Gasteiger partial charge in [0.2, 0.25) is 0 Å². The van der Waals surface area contributed by atoms with Gasteiger partial charge >= 0.3 is 21.6 Å². The maximum Gasteiger partial charge on any atom is 0.523 e. The number of carbonyl (C=O) groups is 2. The van der Waals surface area contributed by atoms with Crippen LogP contribution in [0.5, 0.6) is 0 Å². The zero-order valence-electron chi connectivity index (χ0n) is 10.6. The van der Waals surface area contributed by atoms with Gasteiger partial charge in [-0.25, -0.2) is 8.98 Å². The van der Waals surface area contributed by atoms with E-state index in [2.05, 4.69) is 4.18 Å². The first-order valence-corrected chi connectivity index (χ1v) is 7.81. The number of β-lactam (4-membered cyclic amide) rings is 1. The summed E-state index contributed by atoms with van der Waals surface area (Å²) >= 11 is 0.885. The molecule has 12 heteroatoms. The first-order chi connectivity index (χ1) is 9.29. The van der Waals surface area contributed by atoms with Crippen LogP contribution in [0.25, 0.3) is 0 Å². The molecule has 3 unspecified atom stereocenters. The van der Waals surface area contributed by atoms with Gasteiger partial charge in [0.15, 0.2) is 6.10 Å². The van der Waals surface area contributed by atoms with Gasteiger partial charge < -0.3 is 10.0 Å². The summed E-state index contributed by atoms with van der Waals surface area (Å²) < 4.78 is 61.5. The van der Waals surface area contributed by atoms with Crippen LogP contribution in [-0.2, 0) is 23.9 Å². The van der Waals surface area contributed by atoms with E-state index in [1.807, 2.05) is 0 Å². The fourth-order valence-electron chi connectivity index (χ4n) is 2.26. The van der Waals surface area contributed by atoms with Crippen LogP contribution in [0.15, 0.2) is 0 Å². The number of hydrogen-bond acceptors (Lipinski definition) is 6. The highest BCUT2D eigenvalue weighted by molar-refractivity contribution is 8.01. The molecule has 0 aromatic heterocycles. The summed E-state index contributed by atoms with van der Waals surface area (Å²) in [6, 6.07) is -1.26. The lowest BCUT2D eigenvalue weighted by atomic mass is 9.97. The molecule has 1 N–H and O–H groups in total. The van der Waals surface area contributed by atoms with Crippen LogP contribution in [-0.4, -0.2) is 58.1 Å². The van der Waals surface area contributed by atoms with Crippen LogP contribution >= 0.6 is 11.8 Å². The molecule has 2 aliphatic heterocycles. The molecule has 3 atom stereocenters. The van der Waals surface area contributed by atoms with Gasteiger partial charge in [0, 0.05) is 4.75 Å². The number of halogens is 3. The predicted molar refractivity (Wildman–Crippen MR) is 63.6 cm³/mol. The molecule has 0 saturated carbocycles. The molecule has 2 heterocycles. The smallest absolute Gasteiger partial charge is 0.480 e. The van der Waals surface area contributed by atoms with Crippen molar-refractivity contribution in [1.29, 1.82) is 0 Å². The van der Waals surface area contributed by atoms with Crippen LogP contribution < -0.4 is 0 Å². The second kappa shape index (κ2) is 4.49. The van der Waals surface area contributed by atoms with E-state index in [9.17, 15) is 31.2 Å². The number of rotatable bonds is 3. The summed E-state index contributed by atoms with van der Waals surface area (Å²) in [7, 11) is -5.91. The Bertz CT molecular complexity index is 601. The van der Waals surface area contributed by atoms with Gasteiger partial charge in [-0.05, 0) is 13.8 Å². The Labute approximate surface area is 121 Å². The lowest BCUT2D eigenvalue weighted by Crippen LogP contribution is -2.67. The average Bonchev–Trinajstić information content (AvgIpc) is 2.53. The quantitative estimate of drug-likeness (QED) is 0.446. The molecule has 0 radical (unpaired) electrons. The zero-order chi connectivity index (χ0) is 16.4. The number of alkyl halides is 3. The summed E-state index contributed by atoms with van der Waals surface area (Å²) in [5, 5.41) is 8.01. The predicted octanol–water partition coefficient (Wildman–Crippen LogP) is 0.368. The van der Waals surface area contributed by atoms with Crippen LogP contribution in [0.3, 0.4) is 0 Å². The maximum atomic E-state index is 12.2. The van der Waals surface area contributed by atoms with Gasteiger partial charge in [0.25, 0.3) is 5.91 Å². The summed E-state index contributed by atoms with van der Waals surface area (Å²) in [6.07, 6.45) is -1.86. The van der Waals surface area contributed by atoms with Crippen molar-refractivity contribution in [2.45, 2.75) is 41.6 Å². The van der Waals surface area contributed by atoms with Crippen molar-refractivity contribution in [3.05, 3.63) is 0 Å². The standard InChI is InChI=1S/C9H10F3NO6S2/c1-8(2)4(7(15)16)13-5(14)3(6(13)20-8)19-21(17,18)9(10,11)12/h3-4,6H,1-2H3,(H,15,16). The van der Waals surface area contributed by atoms with Crippen LogP contribution in [0.1, 0.15) is 13.8 Å². The number of aliphatic carboxylic acids is 1. The highest BCUT2D eigenvalue weighted by atomic mass is 32.2. The molecule has 21 heavy (non-hydrogen) atoms. The number of carboxylic acid groups (broad SMARTS) is 1. The number of hydrogen-bond donors (Lipinski definition) is 1. The summed E-state index contributed by atoms with van der Waals surface area (Å²) in [6.45, 7) is 2.99. The molecule has 2 aliphatic rings. The molecule has 1 amide bonds. The molecule has 0 aliphatic carbocycles. The van der Waals surface area contributed by atoms with Crippen LogP contribution in [0.2, 0.25) is 0 Å². The number of amides is 1. The van der Waals surface area contributed by atoms with E-state index in [0.717, 1.165) is 16.7 Å². The first-order valence-electron chi connectivity index (χ1n) is 5.52. The summed E-state index contributed by atoms with van der Waals surface area (Å²) in [5.74, 6) is -2.40. The molecule has 0 aromatic rings. The molecule has 0 spiro atoms. The van der Waals surface area contributed by atoms with Crippen LogP contribution in [0, 0.1) is 0 Å². The fraction of sp³-hybridized carbons (Fsp3) is 0.778. The normalized spacial score (nSPS) is 31.8. The lowest BCUT2D eigenvalue weighted by Gasteiger charge is -2.42. The van der Waals surface area contributed by atoms with Crippen molar-refractivity contribution in [3.63, 3.8) is 0 Å². The molecule has 2 rings (SSSR count). The van der Waals surface area contributed by atoms with Gasteiger partial charge in [-0.1, -0.05) is 0 Å². The largest absolute Gasteiger partial charge is 0.523 e. The Morgan fingerprint density at radius 3 is 2.38 bits per heavy atom. The fourth-order valence-corrected chi connectivity index (χ4v) is 4.50. The van der Waals surface area contributed by atoms with E-state index in [1.165, 1.54) is 13.8 Å². The van der Waals surface area contributed by atoms with Gasteiger partial charge in [0.05, 0.1) is 0 Å². The Kier molecular flexibility index (Phi) is 3.50. The van der Waals surface area contributed by atoms with E-state index in [0.29, 0.717) is 0 Å². The molecule has 2 saturated heterocycles. The van der Waals surface area contributed by atoms with Crippen molar-refractivity contribution in [2.24, 2.45) is 0 Å². The molecule has 7 nitrogen and oxygen atoms in total. The Hall–Kier alpha value is -1.01. The Morgan fingerprint density at radius 1 is 1.43 bits per heavy atom. The Balaban J connectivity index is 2.23. The monoisotopic (exact) mass is 349 g/mol. The molecule has 0 bridgehead atoms. The average molecular weight is 349 g/mol. The Morgan fingerprint density at radius 2 is 1.95 bits per heavy atom. The summed E-state index contributed by atoms with van der Waals surface area (Å²) in [4.78, 5) is 23.7. The minimum atomic E-state index is -5.91. The number of carboxylic acids is 1. The maximum absolute atomic E-state index is 12.2. The SMILES string of the molecule is CC1(C)SC2C(OS(=O)(=O)C(F)(F)F)C(=O)N2C1C(=O)O. The molecule has 2 fully saturated rings. The van der Waals surface area contributed by atoms with Gasteiger partial charge in [-0.15, -0.1) is 11.8 Å². The molecular formula is C9H10F3NO6S2. The zero-order valence-corrected chi connectivity index (χ0v) is 12.3. The van der Waals surface area contributed by atoms with E-state index in [-0.39, 0.29) is 0 Å². The molecule has 0 aromatic carbocycles. The second-order valence-corrected chi connectivity index (χ2v) is 8.35. The van der Waals surface area contributed by atoms with Crippen LogP contribution in [0.4, 0.5) is 13.2 Å². The van der Waals surface area contributed by atoms with Crippen molar-refractivity contribution in [2.75, 3.05) is 0 Å². The summed E-state index contributed by atoms with van der Waals surface area (Å²) in [5.41, 5.74) is -5.64. The minimum absolute atomic E-state index is 0.837. The molecule has 120 valence electrons. The topological polar surface area (TPSA) is 101 Å². The van der Waals surface area contributed by atoms with Crippen molar-refractivity contribution < 1.29 is 40.5 Å². The van der Waals surface area contributed by atoms with Gasteiger partial charge in [-0.2, -0.15) is 21.6 Å². The van der Waals surface area contributed by atoms with E-state index in [1.54, 1.807) is 0 Å². The number of carbonyl (C=O) groups excluding carboxylic acids is 1. The highest BCUT2D eigenvalue weighted by Gasteiger charge is 2.66. The van der Waals surface area contributed by atoms with Crippen molar-refractivity contribution >= 4 is 33.8 Å². The molecular weight excluding hydrogens is 339 g/mol. The van der Waals surface area contributed by atoms with E-state index in [4.69, 9.17) is 5.11 Å². The first kappa shape index (κ1) is 16.4. The van der Waals surface area contributed by atoms with Crippen molar-refractivity contribution in [3.8, 4) is 0 Å². The minimum Gasteiger partial charge on any atom is -0.480 e. The third-order valence-corrected chi connectivity index (χ3v) is 5.71. The van der Waals surface area contributed by atoms with E-state index < -0.39 is 49.8 Å². The lowest BCUT2D eigenvalue weighted by molar-refractivity contribution is -0.168. The van der Waals surface area contributed by atoms with Gasteiger partial charge in [-0.3, -0.25) is 4.79 Å². The third kappa shape index (κ3) is 2.38. The number of thioether (sulfide) groups is 1.